The predicted octanol–water partition coefficient (Wildman–Crippen LogP) is 3.03. The van der Waals surface area contributed by atoms with Gasteiger partial charge in [0.15, 0.2) is 0 Å². The molecule has 0 unspecified atom stereocenters. The number of piperidine rings is 1. The molecule has 1 amide bonds. The minimum atomic E-state index is -3.65. The molecule has 0 radical (unpaired) electrons. The number of nitrogens with zero attached hydrogens (tertiary/aromatic N) is 1. The van der Waals surface area contributed by atoms with Crippen LogP contribution in [0.25, 0.3) is 0 Å². The maximum absolute atomic E-state index is 13.0. The van der Waals surface area contributed by atoms with E-state index in [1.54, 1.807) is 37.3 Å². The van der Waals surface area contributed by atoms with Crippen molar-refractivity contribution in [3.8, 4) is 0 Å². The topological polar surface area (TPSA) is 113 Å². The molecule has 0 atom stereocenters. The largest absolute Gasteiger partial charge is 0.322 e. The summed E-state index contributed by atoms with van der Waals surface area (Å²) >= 11 is 0. The monoisotopic (exact) mass is 491 g/mol. The van der Waals surface area contributed by atoms with Gasteiger partial charge in [-0.1, -0.05) is 30.7 Å². The van der Waals surface area contributed by atoms with Gasteiger partial charge in [-0.15, -0.1) is 6.58 Å². The number of hydrogen-bond donors (Lipinski definition) is 2. The Bertz CT molecular complexity index is 1220. The molecule has 2 aromatic rings. The van der Waals surface area contributed by atoms with Crippen LogP contribution in [-0.2, 0) is 25.8 Å². The van der Waals surface area contributed by atoms with Crippen molar-refractivity contribution >= 4 is 31.6 Å². The van der Waals surface area contributed by atoms with E-state index < -0.39 is 26.0 Å². The molecular weight excluding hydrogens is 462 g/mol. The highest BCUT2D eigenvalue weighted by molar-refractivity contribution is 7.89. The Hall–Kier alpha value is -2.53. The molecule has 3 rings (SSSR count). The maximum Gasteiger partial charge on any atom is 0.255 e. The summed E-state index contributed by atoms with van der Waals surface area (Å²) in [6, 6.07) is 11.0. The first-order chi connectivity index (χ1) is 15.6. The minimum absolute atomic E-state index is 0.104. The van der Waals surface area contributed by atoms with Crippen molar-refractivity contribution in [1.29, 1.82) is 0 Å². The molecule has 1 aliphatic rings. The molecule has 1 aliphatic heterocycles. The highest BCUT2D eigenvalue weighted by atomic mass is 32.2. The third-order valence-corrected chi connectivity index (χ3v) is 8.64. The summed E-state index contributed by atoms with van der Waals surface area (Å²) in [6.45, 7) is 6.36. The average molecular weight is 492 g/mol. The van der Waals surface area contributed by atoms with Gasteiger partial charge in [0, 0.05) is 30.9 Å². The highest BCUT2D eigenvalue weighted by Gasteiger charge is 2.27. The second-order valence-corrected chi connectivity index (χ2v) is 11.7. The molecule has 10 heteroatoms. The van der Waals surface area contributed by atoms with Crippen LogP contribution in [0.1, 0.15) is 40.7 Å². The van der Waals surface area contributed by atoms with Gasteiger partial charge in [-0.25, -0.2) is 21.6 Å². The van der Waals surface area contributed by atoms with Crippen LogP contribution in [0.15, 0.2) is 60.0 Å². The van der Waals surface area contributed by atoms with E-state index in [0.717, 1.165) is 19.3 Å². The summed E-state index contributed by atoms with van der Waals surface area (Å²) in [5, 5.41) is 2.76. The summed E-state index contributed by atoms with van der Waals surface area (Å²) in [4.78, 5) is 13.0. The van der Waals surface area contributed by atoms with E-state index in [1.807, 2.05) is 0 Å². The van der Waals surface area contributed by atoms with Gasteiger partial charge in [0.25, 0.3) is 5.91 Å². The van der Waals surface area contributed by atoms with Gasteiger partial charge >= 0.3 is 0 Å². The molecule has 2 N–H and O–H groups in total. The van der Waals surface area contributed by atoms with Crippen LogP contribution in [0.5, 0.6) is 0 Å². The summed E-state index contributed by atoms with van der Waals surface area (Å²) in [7, 11) is -7.13. The fourth-order valence-corrected chi connectivity index (χ4v) is 6.25. The summed E-state index contributed by atoms with van der Waals surface area (Å²) in [6.07, 6.45) is 4.15. The number of hydrogen-bond acceptors (Lipinski definition) is 5. The third-order valence-electron chi connectivity index (χ3n) is 5.42. The Morgan fingerprint density at radius 3 is 2.33 bits per heavy atom. The van der Waals surface area contributed by atoms with Crippen molar-refractivity contribution in [2.75, 3.05) is 25.0 Å². The zero-order chi connectivity index (χ0) is 24.1. The smallest absolute Gasteiger partial charge is 0.255 e. The molecule has 0 bridgehead atoms. The Morgan fingerprint density at radius 1 is 1.03 bits per heavy atom. The van der Waals surface area contributed by atoms with Gasteiger partial charge in [0.1, 0.15) is 0 Å². The van der Waals surface area contributed by atoms with Gasteiger partial charge in [-0.05, 0) is 55.2 Å². The van der Waals surface area contributed by atoms with Crippen molar-refractivity contribution in [2.24, 2.45) is 0 Å². The molecule has 33 heavy (non-hydrogen) atoms. The second kappa shape index (κ2) is 10.6. The molecule has 0 aliphatic carbocycles. The van der Waals surface area contributed by atoms with Crippen LogP contribution in [0, 0.1) is 6.92 Å². The minimum Gasteiger partial charge on any atom is -0.322 e. The number of anilines is 1. The van der Waals surface area contributed by atoms with Crippen molar-refractivity contribution in [3.63, 3.8) is 0 Å². The second-order valence-electron chi connectivity index (χ2n) is 7.99. The fraction of sp³-hybridized carbons (Fsp3) is 0.348. The number of sulfonamides is 2. The maximum atomic E-state index is 13.0. The standard InChI is InChI=1S/C23H29N3O5S2/c1-3-13-24-32(28,29)17-19-8-10-20(11-9-19)25-23(27)22-16-21(12-7-18(22)2)33(30,31)26-14-5-4-6-15-26/h3,7-12,16,24H,1,4-6,13-15,17H2,2H3,(H,25,27). The first-order valence-corrected chi connectivity index (χ1v) is 13.8. The number of aryl methyl sites for hydroxylation is 1. The first kappa shape index (κ1) is 25.1. The quantitative estimate of drug-likeness (QED) is 0.524. The van der Waals surface area contributed by atoms with Crippen LogP contribution in [0.2, 0.25) is 0 Å². The lowest BCUT2D eigenvalue weighted by molar-refractivity contribution is 0.102. The number of carbonyl (C=O) groups excluding carboxylic acids is 1. The van der Waals surface area contributed by atoms with Gasteiger partial charge < -0.3 is 5.32 Å². The van der Waals surface area contributed by atoms with E-state index in [9.17, 15) is 21.6 Å². The van der Waals surface area contributed by atoms with Crippen LogP contribution in [0.4, 0.5) is 5.69 Å². The van der Waals surface area contributed by atoms with Crippen molar-refractivity contribution in [2.45, 2.75) is 36.8 Å². The summed E-state index contributed by atoms with van der Waals surface area (Å²) < 4.78 is 53.8. The van der Waals surface area contributed by atoms with Gasteiger partial charge in [0.05, 0.1) is 10.6 Å². The van der Waals surface area contributed by atoms with E-state index in [2.05, 4.69) is 16.6 Å². The van der Waals surface area contributed by atoms with Crippen molar-refractivity contribution in [1.82, 2.24) is 9.03 Å². The van der Waals surface area contributed by atoms with Gasteiger partial charge in [-0.2, -0.15) is 4.31 Å². The molecule has 0 aromatic heterocycles. The average Bonchev–Trinajstić information content (AvgIpc) is 2.79. The molecule has 1 heterocycles. The summed E-state index contributed by atoms with van der Waals surface area (Å²) in [5.41, 5.74) is 1.97. The van der Waals surface area contributed by atoms with E-state index in [4.69, 9.17) is 0 Å². The number of carbonyl (C=O) groups is 1. The predicted molar refractivity (Wildman–Crippen MR) is 129 cm³/mol. The lowest BCUT2D eigenvalue weighted by atomic mass is 10.1. The first-order valence-electron chi connectivity index (χ1n) is 10.7. The molecule has 1 saturated heterocycles. The summed E-state index contributed by atoms with van der Waals surface area (Å²) in [5.74, 6) is -0.624. The van der Waals surface area contributed by atoms with E-state index in [1.165, 1.54) is 22.5 Å². The molecule has 0 saturated carbocycles. The molecule has 0 spiro atoms. The number of nitrogens with one attached hydrogen (secondary N) is 2. The lowest BCUT2D eigenvalue weighted by Crippen LogP contribution is -2.35. The van der Waals surface area contributed by atoms with Crippen molar-refractivity contribution < 1.29 is 21.6 Å². The van der Waals surface area contributed by atoms with Gasteiger partial charge in [-0.3, -0.25) is 4.79 Å². The number of rotatable bonds is 9. The molecule has 8 nitrogen and oxygen atoms in total. The van der Waals surface area contributed by atoms with Gasteiger partial charge in [0.2, 0.25) is 20.0 Å². The third kappa shape index (κ3) is 6.50. The molecule has 1 fully saturated rings. The zero-order valence-electron chi connectivity index (χ0n) is 18.6. The Balaban J connectivity index is 1.74. The number of benzene rings is 2. The Kier molecular flexibility index (Phi) is 8.06. The fourth-order valence-electron chi connectivity index (χ4n) is 3.60. The van der Waals surface area contributed by atoms with E-state index >= 15 is 0 Å². The van der Waals surface area contributed by atoms with Crippen LogP contribution in [0.3, 0.4) is 0 Å². The number of amides is 1. The van der Waals surface area contributed by atoms with Crippen LogP contribution in [-0.4, -0.2) is 46.7 Å². The Labute approximate surface area is 195 Å². The highest BCUT2D eigenvalue weighted by Crippen LogP contribution is 2.23. The van der Waals surface area contributed by atoms with E-state index in [-0.39, 0.29) is 22.8 Å². The van der Waals surface area contributed by atoms with Crippen molar-refractivity contribution in [3.05, 3.63) is 71.8 Å². The lowest BCUT2D eigenvalue weighted by Gasteiger charge is -2.26. The van der Waals surface area contributed by atoms with E-state index in [0.29, 0.717) is 29.9 Å². The zero-order valence-corrected chi connectivity index (χ0v) is 20.2. The van der Waals surface area contributed by atoms with Crippen LogP contribution >= 0.6 is 0 Å². The molecular formula is C23H29N3O5S2. The molecule has 2 aromatic carbocycles. The molecule has 178 valence electrons. The van der Waals surface area contributed by atoms with Crippen LogP contribution < -0.4 is 10.0 Å². The Morgan fingerprint density at radius 2 is 1.70 bits per heavy atom. The SMILES string of the molecule is C=CCNS(=O)(=O)Cc1ccc(NC(=O)c2cc(S(=O)(=O)N3CCCCC3)ccc2C)cc1. The normalized spacial score (nSPS) is 15.2.